The first-order valence-electron chi connectivity index (χ1n) is 4.54. The molecular formula is C10H10N2O3S. The molecule has 6 heteroatoms. The van der Waals surface area contributed by atoms with Crippen molar-refractivity contribution in [1.82, 2.24) is 0 Å². The molecule has 0 spiro atoms. The Morgan fingerprint density at radius 3 is 2.81 bits per heavy atom. The topological polar surface area (TPSA) is 59.8 Å². The molecule has 1 amide bonds. The fourth-order valence-corrected chi connectivity index (χ4v) is 1.92. The minimum Gasteiger partial charge on any atom is -0.462 e. The van der Waals surface area contributed by atoms with Crippen LogP contribution in [0.2, 0.25) is 0 Å². The van der Waals surface area contributed by atoms with E-state index >= 15 is 0 Å². The lowest BCUT2D eigenvalue weighted by atomic mass is 10.3. The number of nitrogens with one attached hydrogen (secondary N) is 1. The summed E-state index contributed by atoms with van der Waals surface area (Å²) in [7, 11) is 0. The molecule has 1 aromatic rings. The number of amides is 1. The molecule has 0 aliphatic heterocycles. The number of rotatable bonds is 3. The van der Waals surface area contributed by atoms with Crippen LogP contribution in [0.3, 0.4) is 0 Å². The lowest BCUT2D eigenvalue weighted by molar-refractivity contribution is -0.114. The monoisotopic (exact) mass is 238 g/mol. The van der Waals surface area contributed by atoms with E-state index in [1.165, 1.54) is 13.0 Å². The third-order valence-corrected chi connectivity index (χ3v) is 2.56. The van der Waals surface area contributed by atoms with E-state index < -0.39 is 5.97 Å². The van der Waals surface area contributed by atoms with Gasteiger partial charge in [0.2, 0.25) is 10.9 Å². The molecule has 1 heterocycles. The molecule has 1 aromatic heterocycles. The predicted molar refractivity (Wildman–Crippen MR) is 60.8 cm³/mol. The molecular weight excluding hydrogens is 228 g/mol. The molecule has 1 rings (SSSR count). The quantitative estimate of drug-likeness (QED) is 0.650. The predicted octanol–water partition coefficient (Wildman–Crippen LogP) is 2.43. The third kappa shape index (κ3) is 2.81. The van der Waals surface area contributed by atoms with Gasteiger partial charge in [0.05, 0.1) is 23.7 Å². The van der Waals surface area contributed by atoms with Crippen molar-refractivity contribution in [3.63, 3.8) is 0 Å². The second-order valence-corrected chi connectivity index (χ2v) is 3.87. The summed E-state index contributed by atoms with van der Waals surface area (Å²) < 4.78 is 4.82. The van der Waals surface area contributed by atoms with Crippen molar-refractivity contribution in [3.8, 4) is 0 Å². The largest absolute Gasteiger partial charge is 0.462 e. The Hall–Kier alpha value is -1.87. The van der Waals surface area contributed by atoms with Crippen LogP contribution in [-0.2, 0) is 9.53 Å². The minimum absolute atomic E-state index is 0.230. The summed E-state index contributed by atoms with van der Waals surface area (Å²) >= 11 is 1.06. The van der Waals surface area contributed by atoms with Gasteiger partial charge in [0.1, 0.15) is 0 Å². The van der Waals surface area contributed by atoms with Crippen LogP contribution in [0.15, 0.2) is 6.07 Å². The van der Waals surface area contributed by atoms with Crippen molar-refractivity contribution < 1.29 is 14.3 Å². The molecule has 0 atom stereocenters. The molecule has 0 radical (unpaired) electrons. The molecule has 0 saturated heterocycles. The maximum atomic E-state index is 11.5. The maximum absolute atomic E-state index is 11.5. The first kappa shape index (κ1) is 12.2. The van der Waals surface area contributed by atoms with E-state index in [4.69, 9.17) is 11.3 Å². The fraction of sp³-hybridized carbons (Fsp3) is 0.300. The standard InChI is InChI=1S/C10H10N2O3S/c1-4-15-10(14)7-5-8(11-3)16-9(7)12-6(2)13/h5H,4H2,1-2H3,(H,12,13). The Bertz CT molecular complexity index is 459. The highest BCUT2D eigenvalue weighted by Gasteiger charge is 2.17. The van der Waals surface area contributed by atoms with Gasteiger partial charge in [-0.15, -0.1) is 11.3 Å². The molecule has 0 aliphatic carbocycles. The van der Waals surface area contributed by atoms with Crippen LogP contribution >= 0.6 is 11.3 Å². The highest BCUT2D eigenvalue weighted by atomic mass is 32.1. The van der Waals surface area contributed by atoms with E-state index in [2.05, 4.69) is 10.2 Å². The van der Waals surface area contributed by atoms with Gasteiger partial charge in [0, 0.05) is 6.92 Å². The van der Waals surface area contributed by atoms with E-state index in [0.29, 0.717) is 10.0 Å². The Labute approximate surface area is 96.9 Å². The number of ether oxygens (including phenoxy) is 1. The van der Waals surface area contributed by atoms with E-state index in [9.17, 15) is 9.59 Å². The molecule has 0 bridgehead atoms. The van der Waals surface area contributed by atoms with Gasteiger partial charge in [0.25, 0.3) is 0 Å². The molecule has 16 heavy (non-hydrogen) atoms. The number of carbonyl (C=O) groups excluding carboxylic acids is 2. The van der Waals surface area contributed by atoms with Gasteiger partial charge in [-0.25, -0.2) is 9.64 Å². The summed E-state index contributed by atoms with van der Waals surface area (Å²) in [5, 5.41) is 3.20. The number of esters is 1. The minimum atomic E-state index is -0.530. The molecule has 0 saturated carbocycles. The van der Waals surface area contributed by atoms with Crippen LogP contribution in [0.25, 0.3) is 4.85 Å². The lowest BCUT2D eigenvalue weighted by Crippen LogP contribution is -2.10. The van der Waals surface area contributed by atoms with Gasteiger partial charge >= 0.3 is 5.97 Å². The second-order valence-electron chi connectivity index (χ2n) is 2.84. The highest BCUT2D eigenvalue weighted by molar-refractivity contribution is 7.20. The van der Waals surface area contributed by atoms with Gasteiger partial charge in [-0.2, -0.15) is 0 Å². The molecule has 84 valence electrons. The van der Waals surface area contributed by atoms with Crippen LogP contribution in [0.5, 0.6) is 0 Å². The van der Waals surface area contributed by atoms with Crippen molar-refractivity contribution in [3.05, 3.63) is 23.0 Å². The number of hydrogen-bond donors (Lipinski definition) is 1. The Kier molecular flexibility index (Phi) is 4.03. The third-order valence-electron chi connectivity index (χ3n) is 1.61. The Morgan fingerprint density at radius 2 is 2.31 bits per heavy atom. The molecule has 0 aliphatic rings. The zero-order valence-corrected chi connectivity index (χ0v) is 9.68. The first-order chi connectivity index (χ1) is 7.58. The number of thiophene rings is 1. The number of carbonyl (C=O) groups is 2. The van der Waals surface area contributed by atoms with Crippen molar-refractivity contribution >= 4 is 33.2 Å². The fourth-order valence-electron chi connectivity index (χ4n) is 1.05. The van der Waals surface area contributed by atoms with Crippen LogP contribution in [0.4, 0.5) is 10.0 Å². The average Bonchev–Trinajstić information content (AvgIpc) is 2.60. The van der Waals surface area contributed by atoms with E-state index in [0.717, 1.165) is 11.3 Å². The van der Waals surface area contributed by atoms with Gasteiger partial charge < -0.3 is 10.1 Å². The summed E-state index contributed by atoms with van der Waals surface area (Å²) in [5.74, 6) is -0.818. The zero-order chi connectivity index (χ0) is 12.1. The summed E-state index contributed by atoms with van der Waals surface area (Å²) in [6.07, 6.45) is 0. The van der Waals surface area contributed by atoms with Gasteiger partial charge in [-0.1, -0.05) is 0 Å². The highest BCUT2D eigenvalue weighted by Crippen LogP contribution is 2.34. The van der Waals surface area contributed by atoms with Gasteiger partial charge in [-0.3, -0.25) is 4.79 Å². The Morgan fingerprint density at radius 1 is 1.62 bits per heavy atom. The second kappa shape index (κ2) is 5.28. The first-order valence-corrected chi connectivity index (χ1v) is 5.36. The summed E-state index contributed by atoms with van der Waals surface area (Å²) in [5.41, 5.74) is 0.230. The summed E-state index contributed by atoms with van der Waals surface area (Å²) in [4.78, 5) is 25.6. The smallest absolute Gasteiger partial charge is 0.339 e. The van der Waals surface area contributed by atoms with Crippen LogP contribution in [0.1, 0.15) is 24.2 Å². The number of anilines is 1. The zero-order valence-electron chi connectivity index (χ0n) is 8.86. The molecule has 5 nitrogen and oxygen atoms in total. The molecule has 0 fully saturated rings. The maximum Gasteiger partial charge on any atom is 0.339 e. The molecule has 0 aromatic carbocycles. The van der Waals surface area contributed by atoms with E-state index in [1.54, 1.807) is 6.92 Å². The van der Waals surface area contributed by atoms with Crippen LogP contribution < -0.4 is 5.32 Å². The van der Waals surface area contributed by atoms with Crippen molar-refractivity contribution in [2.45, 2.75) is 13.8 Å². The SMILES string of the molecule is [C-]#[N+]c1cc(C(=O)OCC)c(NC(C)=O)s1. The van der Waals surface area contributed by atoms with Crippen molar-refractivity contribution in [1.29, 1.82) is 0 Å². The number of hydrogen-bond acceptors (Lipinski definition) is 4. The average molecular weight is 238 g/mol. The summed E-state index contributed by atoms with van der Waals surface area (Å²) in [6.45, 7) is 10.1. The molecule has 0 unspecified atom stereocenters. The van der Waals surface area contributed by atoms with Crippen LogP contribution in [0, 0.1) is 6.57 Å². The van der Waals surface area contributed by atoms with E-state index in [1.807, 2.05) is 0 Å². The van der Waals surface area contributed by atoms with Crippen molar-refractivity contribution in [2.24, 2.45) is 0 Å². The molecule has 1 N–H and O–H groups in total. The van der Waals surface area contributed by atoms with Gasteiger partial charge in [0.15, 0.2) is 0 Å². The van der Waals surface area contributed by atoms with Gasteiger partial charge in [-0.05, 0) is 13.0 Å². The normalized spacial score (nSPS) is 9.31. The summed E-state index contributed by atoms with van der Waals surface area (Å²) in [6, 6.07) is 1.42. The Balaban J connectivity index is 3.05. The van der Waals surface area contributed by atoms with E-state index in [-0.39, 0.29) is 18.1 Å². The lowest BCUT2D eigenvalue weighted by Gasteiger charge is -2.03. The van der Waals surface area contributed by atoms with Crippen LogP contribution in [-0.4, -0.2) is 18.5 Å². The van der Waals surface area contributed by atoms with Crippen molar-refractivity contribution in [2.75, 3.05) is 11.9 Å². The number of nitrogens with zero attached hydrogens (tertiary/aromatic N) is 1.